The zero-order valence-corrected chi connectivity index (χ0v) is 11.3. The van der Waals surface area contributed by atoms with Crippen LogP contribution in [0.5, 0.6) is 0 Å². The normalized spacial score (nSPS) is 10.7. The van der Waals surface area contributed by atoms with Gasteiger partial charge in [0.25, 0.3) is 5.56 Å². The number of fused-ring (bicyclic) bond motifs is 1. The second-order valence-corrected chi connectivity index (χ2v) is 4.57. The number of H-pyrrole nitrogens is 1. The number of aromatic amines is 1. The number of carbonyl (C=O) groups excluding carboxylic acids is 1. The van der Waals surface area contributed by atoms with Crippen LogP contribution in [0.2, 0.25) is 0 Å². The van der Waals surface area contributed by atoms with E-state index in [1.54, 1.807) is 25.2 Å². The average molecular weight is 275 g/mol. The fourth-order valence-corrected chi connectivity index (χ4v) is 1.94. The van der Waals surface area contributed by atoms with Crippen molar-refractivity contribution in [2.24, 2.45) is 0 Å². The second-order valence-electron chi connectivity index (χ2n) is 4.57. The number of aryl methyl sites for hydroxylation is 1. The van der Waals surface area contributed by atoms with Crippen LogP contribution in [0.4, 0.5) is 0 Å². The summed E-state index contributed by atoms with van der Waals surface area (Å²) in [4.78, 5) is 32.1. The summed E-state index contributed by atoms with van der Waals surface area (Å²) in [5.41, 5.74) is 0.434. The maximum atomic E-state index is 11.9. The van der Waals surface area contributed by atoms with E-state index in [9.17, 15) is 9.59 Å². The van der Waals surface area contributed by atoms with Gasteiger partial charge in [-0.1, -0.05) is 12.1 Å². The molecule has 0 aliphatic heterocycles. The first-order chi connectivity index (χ1) is 9.61. The smallest absolute Gasteiger partial charge is 0.258 e. The van der Waals surface area contributed by atoms with E-state index in [1.165, 1.54) is 4.90 Å². The summed E-state index contributed by atoms with van der Waals surface area (Å²) < 4.78 is 0. The van der Waals surface area contributed by atoms with Crippen LogP contribution in [0.1, 0.15) is 12.2 Å². The molecule has 0 saturated carbocycles. The highest BCUT2D eigenvalue weighted by Crippen LogP contribution is 2.07. The number of benzene rings is 1. The lowest BCUT2D eigenvalue weighted by Gasteiger charge is -2.15. The molecule has 0 aliphatic carbocycles. The molecule has 1 aromatic heterocycles. The molecule has 106 valence electrons. The van der Waals surface area contributed by atoms with Crippen LogP contribution in [-0.4, -0.2) is 46.1 Å². The first kappa shape index (κ1) is 14.2. The molecule has 2 N–H and O–H groups in total. The average Bonchev–Trinajstić information content (AvgIpc) is 2.45. The van der Waals surface area contributed by atoms with Crippen LogP contribution in [0.15, 0.2) is 29.1 Å². The predicted octanol–water partition coefficient (Wildman–Crippen LogP) is 0.306. The van der Waals surface area contributed by atoms with E-state index < -0.39 is 0 Å². The zero-order valence-electron chi connectivity index (χ0n) is 11.3. The molecule has 0 radical (unpaired) electrons. The summed E-state index contributed by atoms with van der Waals surface area (Å²) in [5, 5.41) is 9.31. The Labute approximate surface area is 116 Å². The Hall–Kier alpha value is -2.21. The minimum Gasteiger partial charge on any atom is -0.395 e. The summed E-state index contributed by atoms with van der Waals surface area (Å²) >= 11 is 0. The number of nitrogens with one attached hydrogen (secondary N) is 1. The summed E-state index contributed by atoms with van der Waals surface area (Å²) in [7, 11) is 1.63. The van der Waals surface area contributed by atoms with Crippen molar-refractivity contribution in [3.63, 3.8) is 0 Å². The number of nitrogens with zero attached hydrogens (tertiary/aromatic N) is 2. The Kier molecular flexibility index (Phi) is 4.47. The van der Waals surface area contributed by atoms with Crippen LogP contribution in [0, 0.1) is 0 Å². The van der Waals surface area contributed by atoms with E-state index in [4.69, 9.17) is 5.11 Å². The summed E-state index contributed by atoms with van der Waals surface area (Å²) in [6.07, 6.45) is 0.618. The van der Waals surface area contributed by atoms with E-state index in [2.05, 4.69) is 9.97 Å². The van der Waals surface area contributed by atoms with Gasteiger partial charge in [-0.25, -0.2) is 4.98 Å². The maximum absolute atomic E-state index is 11.9. The standard InChI is InChI=1S/C14H17N3O3/c1-17(8-9-18)13(19)7-6-12-15-11-5-3-2-4-10(11)14(20)16-12/h2-5,18H,6-9H2,1H3,(H,15,16,20). The van der Waals surface area contributed by atoms with Gasteiger partial charge in [-0.15, -0.1) is 0 Å². The summed E-state index contributed by atoms with van der Waals surface area (Å²) in [5.74, 6) is 0.411. The van der Waals surface area contributed by atoms with E-state index in [0.29, 0.717) is 29.7 Å². The number of aliphatic hydroxyl groups excluding tert-OH is 1. The molecule has 0 saturated heterocycles. The quantitative estimate of drug-likeness (QED) is 0.822. The number of hydrogen-bond donors (Lipinski definition) is 2. The molecule has 0 aliphatic rings. The van der Waals surface area contributed by atoms with Gasteiger partial charge in [0.15, 0.2) is 0 Å². The molecule has 0 bridgehead atoms. The van der Waals surface area contributed by atoms with Crippen molar-refractivity contribution >= 4 is 16.8 Å². The van der Waals surface area contributed by atoms with Crippen molar-refractivity contribution in [3.05, 3.63) is 40.4 Å². The molecule has 0 unspecified atom stereocenters. The molecule has 1 aromatic carbocycles. The zero-order chi connectivity index (χ0) is 14.5. The highest BCUT2D eigenvalue weighted by atomic mass is 16.3. The van der Waals surface area contributed by atoms with Crippen molar-refractivity contribution in [3.8, 4) is 0 Å². The predicted molar refractivity (Wildman–Crippen MR) is 75.4 cm³/mol. The van der Waals surface area contributed by atoms with Gasteiger partial charge in [-0.05, 0) is 12.1 Å². The molecule has 0 spiro atoms. The molecule has 2 rings (SSSR count). The molecule has 20 heavy (non-hydrogen) atoms. The fraction of sp³-hybridized carbons (Fsp3) is 0.357. The van der Waals surface area contributed by atoms with E-state index in [-0.39, 0.29) is 24.5 Å². The third-order valence-corrected chi connectivity index (χ3v) is 3.10. The van der Waals surface area contributed by atoms with Crippen molar-refractivity contribution in [2.45, 2.75) is 12.8 Å². The minimum absolute atomic E-state index is 0.0622. The van der Waals surface area contributed by atoms with Gasteiger partial charge < -0.3 is 15.0 Å². The lowest BCUT2D eigenvalue weighted by Crippen LogP contribution is -2.29. The van der Waals surface area contributed by atoms with Crippen molar-refractivity contribution in [2.75, 3.05) is 20.2 Å². The monoisotopic (exact) mass is 275 g/mol. The minimum atomic E-state index is -0.193. The number of aromatic nitrogens is 2. The van der Waals surface area contributed by atoms with Crippen LogP contribution in [0.3, 0.4) is 0 Å². The fourth-order valence-electron chi connectivity index (χ4n) is 1.94. The molecule has 1 heterocycles. The third kappa shape index (κ3) is 3.21. The Morgan fingerprint density at radius 2 is 2.15 bits per heavy atom. The maximum Gasteiger partial charge on any atom is 0.258 e. The number of hydrogen-bond acceptors (Lipinski definition) is 4. The largest absolute Gasteiger partial charge is 0.395 e. The highest BCUT2D eigenvalue weighted by Gasteiger charge is 2.10. The first-order valence-corrected chi connectivity index (χ1v) is 6.44. The molecule has 6 nitrogen and oxygen atoms in total. The SMILES string of the molecule is CN(CCO)C(=O)CCc1nc2ccccc2c(=O)[nH]1. The Morgan fingerprint density at radius 1 is 1.40 bits per heavy atom. The molecule has 1 amide bonds. The van der Waals surface area contributed by atoms with Gasteiger partial charge in [-0.3, -0.25) is 9.59 Å². The number of likely N-dealkylation sites (N-methyl/N-ethyl adjacent to an activating group) is 1. The molecular weight excluding hydrogens is 258 g/mol. The van der Waals surface area contributed by atoms with E-state index in [0.717, 1.165) is 0 Å². The second kappa shape index (κ2) is 6.29. The van der Waals surface area contributed by atoms with E-state index in [1.807, 2.05) is 6.07 Å². The Bertz CT molecular complexity index is 666. The molecule has 2 aromatic rings. The van der Waals surface area contributed by atoms with Crippen molar-refractivity contribution in [1.82, 2.24) is 14.9 Å². The van der Waals surface area contributed by atoms with Gasteiger partial charge in [0.1, 0.15) is 5.82 Å². The number of aliphatic hydroxyl groups is 1. The van der Waals surface area contributed by atoms with Crippen LogP contribution >= 0.6 is 0 Å². The van der Waals surface area contributed by atoms with Crippen LogP contribution in [0.25, 0.3) is 10.9 Å². The molecule has 0 fully saturated rings. The lowest BCUT2D eigenvalue weighted by atomic mass is 10.2. The third-order valence-electron chi connectivity index (χ3n) is 3.10. The number of carbonyl (C=O) groups is 1. The summed E-state index contributed by atoms with van der Waals surface area (Å²) in [6, 6.07) is 7.09. The van der Waals surface area contributed by atoms with Gasteiger partial charge in [0, 0.05) is 26.4 Å². The highest BCUT2D eigenvalue weighted by molar-refractivity contribution is 5.78. The van der Waals surface area contributed by atoms with E-state index >= 15 is 0 Å². The number of para-hydroxylation sites is 1. The molecule has 6 heteroatoms. The first-order valence-electron chi connectivity index (χ1n) is 6.44. The van der Waals surface area contributed by atoms with Crippen LogP contribution in [-0.2, 0) is 11.2 Å². The van der Waals surface area contributed by atoms with Gasteiger partial charge in [0.2, 0.25) is 5.91 Å². The molecular formula is C14H17N3O3. The Balaban J connectivity index is 2.11. The number of amides is 1. The van der Waals surface area contributed by atoms with Crippen LogP contribution < -0.4 is 5.56 Å². The topological polar surface area (TPSA) is 86.3 Å². The molecule has 0 atom stereocenters. The Morgan fingerprint density at radius 3 is 2.90 bits per heavy atom. The van der Waals surface area contributed by atoms with Crippen molar-refractivity contribution < 1.29 is 9.90 Å². The van der Waals surface area contributed by atoms with Crippen molar-refractivity contribution in [1.29, 1.82) is 0 Å². The summed E-state index contributed by atoms with van der Waals surface area (Å²) in [6.45, 7) is 0.244. The van der Waals surface area contributed by atoms with Gasteiger partial charge >= 0.3 is 0 Å². The lowest BCUT2D eigenvalue weighted by molar-refractivity contribution is -0.130. The van der Waals surface area contributed by atoms with Gasteiger partial charge in [0.05, 0.1) is 17.5 Å². The number of rotatable bonds is 5. The van der Waals surface area contributed by atoms with Gasteiger partial charge in [-0.2, -0.15) is 0 Å².